The van der Waals surface area contributed by atoms with Crippen LogP contribution >= 0.6 is 0 Å². The third-order valence-electron chi connectivity index (χ3n) is 9.90. The third-order valence-corrected chi connectivity index (χ3v) is 9.90. The molecule has 2 aromatic carbocycles. The molecule has 0 bridgehead atoms. The van der Waals surface area contributed by atoms with Gasteiger partial charge in [-0.2, -0.15) is 17.6 Å². The van der Waals surface area contributed by atoms with E-state index < -0.39 is 52.4 Å². The lowest BCUT2D eigenvalue weighted by atomic mass is 9.78. The Balaban J connectivity index is 1.13. The Bertz CT molecular complexity index is 1990. The summed E-state index contributed by atoms with van der Waals surface area (Å²) in [6, 6.07) is 7.71. The summed E-state index contributed by atoms with van der Waals surface area (Å²) in [6.45, 7) is 11.7. The van der Waals surface area contributed by atoms with Crippen molar-refractivity contribution in [2.75, 3.05) is 13.1 Å². The second-order valence-electron chi connectivity index (χ2n) is 16.0. The number of amides is 2. The Hall–Kier alpha value is -4.68. The number of benzene rings is 2. The number of H-pyrrole nitrogens is 1. The van der Waals surface area contributed by atoms with E-state index in [4.69, 9.17) is 9.47 Å². The highest BCUT2D eigenvalue weighted by atomic mass is 19.3. The molecule has 2 saturated heterocycles. The number of carbonyl (C=O) groups is 2. The number of aromatic amines is 1. The van der Waals surface area contributed by atoms with Crippen LogP contribution in [-0.4, -0.2) is 68.0 Å². The van der Waals surface area contributed by atoms with Crippen molar-refractivity contribution in [3.63, 3.8) is 0 Å². The van der Waals surface area contributed by atoms with Gasteiger partial charge >= 0.3 is 24.0 Å². The predicted octanol–water partition coefficient (Wildman–Crippen LogP) is 9.60. The molecule has 0 spiro atoms. The van der Waals surface area contributed by atoms with Crippen LogP contribution in [0.5, 0.6) is 0 Å². The van der Waals surface area contributed by atoms with Gasteiger partial charge in [-0.1, -0.05) is 24.3 Å². The fraction of sp³-hybridized carbons (Fsp3) is 0.487. The van der Waals surface area contributed by atoms with Crippen LogP contribution in [0.3, 0.4) is 0 Å². The quantitative estimate of drug-likeness (QED) is 0.271. The lowest BCUT2D eigenvalue weighted by Crippen LogP contribution is -2.43. The zero-order valence-electron chi connectivity index (χ0n) is 30.2. The topological polar surface area (TPSA) is 100 Å². The first kappa shape index (κ1) is 35.7. The maximum absolute atomic E-state index is 16.0. The van der Waals surface area contributed by atoms with Crippen LogP contribution in [0.4, 0.5) is 27.2 Å². The number of imidazole rings is 1. The smallest absolute Gasteiger partial charge is 0.410 e. The minimum absolute atomic E-state index is 0.0177. The second kappa shape index (κ2) is 12.5. The number of nitrogens with one attached hydrogen (secondary N) is 1. The number of likely N-dealkylation sites (tertiary alicyclic amines) is 2. The fourth-order valence-electron chi connectivity index (χ4n) is 7.51. The normalized spacial score (nSPS) is 22.1. The average Bonchev–Trinajstić information content (AvgIpc) is 3.88. The Kier molecular flexibility index (Phi) is 8.57. The standard InChI is InChI=1S/C39H43F4N5O4/c1-36(2,3)51-34(49)47-15-7-9-31(47)29-19-24(20-44-29)22-11-13-25-26-14-12-23(18-28(26)39(42,43)38(40,41)27(25)17-22)30-21-45-33(46-30)32-10-8-16-48(32)35(50)52-37(4,5)6/h11-14,17-18,20-21,31-32H,7-10,15-16,19H2,1-6H3,(H,45,46)/t31-,32-/m0/s1. The molecular formula is C39H43F4N5O4. The number of fused-ring (bicyclic) bond motifs is 3. The van der Waals surface area contributed by atoms with Crippen LogP contribution in [0.15, 0.2) is 53.8 Å². The molecule has 7 rings (SSSR count). The molecule has 276 valence electrons. The minimum atomic E-state index is -4.52. The Labute approximate surface area is 300 Å². The predicted molar refractivity (Wildman–Crippen MR) is 188 cm³/mol. The van der Waals surface area contributed by atoms with Gasteiger partial charge in [-0.3, -0.25) is 14.8 Å². The van der Waals surface area contributed by atoms with E-state index in [0.29, 0.717) is 60.7 Å². The van der Waals surface area contributed by atoms with Gasteiger partial charge in [0.05, 0.1) is 24.0 Å². The van der Waals surface area contributed by atoms with Crippen LogP contribution in [0.1, 0.15) is 102 Å². The molecule has 4 heterocycles. The van der Waals surface area contributed by atoms with E-state index in [0.717, 1.165) is 25.0 Å². The molecule has 0 unspecified atom stereocenters. The van der Waals surface area contributed by atoms with Crippen LogP contribution in [0.2, 0.25) is 0 Å². The molecular weight excluding hydrogens is 678 g/mol. The highest BCUT2D eigenvalue weighted by molar-refractivity contribution is 6.03. The van der Waals surface area contributed by atoms with Crippen LogP contribution in [0.25, 0.3) is 28.0 Å². The SMILES string of the molecule is CC(C)(C)OC(=O)N1CCC[C@H]1C1=NC=C(c2ccc3c(c2)C(F)(F)C(F)(F)c2cc(-c4cnc([C@@H]5CCCN5C(=O)OC(C)(C)C)[nH]4)ccc2-3)C1. The first-order valence-corrected chi connectivity index (χ1v) is 17.7. The van der Waals surface area contributed by atoms with Crippen molar-refractivity contribution < 1.29 is 36.6 Å². The molecule has 1 aliphatic carbocycles. The van der Waals surface area contributed by atoms with Gasteiger partial charge < -0.3 is 14.5 Å². The van der Waals surface area contributed by atoms with Crippen LogP contribution in [0, 0.1) is 0 Å². The number of ether oxygens (including phenoxy) is 2. The number of aliphatic imine (C=N–C) groups is 1. The molecule has 1 aromatic heterocycles. The number of rotatable bonds is 4. The summed E-state index contributed by atoms with van der Waals surface area (Å²) in [5.74, 6) is -8.57. The van der Waals surface area contributed by atoms with Crippen LogP contribution in [-0.2, 0) is 21.3 Å². The maximum Gasteiger partial charge on any atom is 0.410 e. The summed E-state index contributed by atoms with van der Waals surface area (Å²) >= 11 is 0. The van der Waals surface area contributed by atoms with Crippen molar-refractivity contribution in [2.24, 2.45) is 4.99 Å². The van der Waals surface area contributed by atoms with E-state index in [1.807, 2.05) is 0 Å². The molecule has 52 heavy (non-hydrogen) atoms. The molecule has 0 saturated carbocycles. The van der Waals surface area contributed by atoms with Crippen molar-refractivity contribution in [1.82, 2.24) is 19.8 Å². The Morgan fingerprint density at radius 2 is 1.31 bits per heavy atom. The van der Waals surface area contributed by atoms with Crippen molar-refractivity contribution in [3.8, 4) is 22.4 Å². The van der Waals surface area contributed by atoms with Crippen LogP contribution < -0.4 is 0 Å². The number of hydrogen-bond acceptors (Lipinski definition) is 6. The van der Waals surface area contributed by atoms with E-state index in [1.165, 1.54) is 18.3 Å². The van der Waals surface area contributed by atoms with Gasteiger partial charge in [0.25, 0.3) is 0 Å². The molecule has 0 radical (unpaired) electrons. The molecule has 4 aliphatic rings. The number of allylic oxidation sites excluding steroid dienone is 1. The highest BCUT2D eigenvalue weighted by Crippen LogP contribution is 2.58. The zero-order valence-corrected chi connectivity index (χ0v) is 30.2. The van der Waals surface area contributed by atoms with Gasteiger partial charge in [-0.25, -0.2) is 14.6 Å². The van der Waals surface area contributed by atoms with E-state index in [9.17, 15) is 9.59 Å². The number of hydrogen-bond donors (Lipinski definition) is 1. The molecule has 3 aromatic rings. The van der Waals surface area contributed by atoms with Gasteiger partial charge in [-0.15, -0.1) is 0 Å². The van der Waals surface area contributed by atoms with Gasteiger partial charge in [0.15, 0.2) is 0 Å². The lowest BCUT2D eigenvalue weighted by Gasteiger charge is -2.35. The van der Waals surface area contributed by atoms with Gasteiger partial charge in [0, 0.05) is 48.1 Å². The summed E-state index contributed by atoms with van der Waals surface area (Å²) in [5, 5.41) is 0. The van der Waals surface area contributed by atoms with Crippen molar-refractivity contribution in [1.29, 1.82) is 0 Å². The number of alkyl halides is 4. The summed E-state index contributed by atoms with van der Waals surface area (Å²) in [6.07, 6.45) is 5.26. The molecule has 2 amide bonds. The average molecular weight is 722 g/mol. The largest absolute Gasteiger partial charge is 0.444 e. The van der Waals surface area contributed by atoms with E-state index in [-0.39, 0.29) is 22.7 Å². The Morgan fingerprint density at radius 3 is 1.88 bits per heavy atom. The van der Waals surface area contributed by atoms with Gasteiger partial charge in [-0.05, 0) is 102 Å². The monoisotopic (exact) mass is 721 g/mol. The summed E-state index contributed by atoms with van der Waals surface area (Å²) in [7, 11) is 0. The first-order valence-electron chi connectivity index (χ1n) is 17.7. The summed E-state index contributed by atoms with van der Waals surface area (Å²) in [4.78, 5) is 41.0. The van der Waals surface area contributed by atoms with Crippen molar-refractivity contribution in [2.45, 2.75) is 109 Å². The zero-order chi connectivity index (χ0) is 37.4. The van der Waals surface area contributed by atoms with Gasteiger partial charge in [0.1, 0.15) is 17.0 Å². The molecule has 3 aliphatic heterocycles. The Morgan fingerprint density at radius 1 is 0.788 bits per heavy atom. The molecule has 2 atom stereocenters. The van der Waals surface area contributed by atoms with Crippen molar-refractivity contribution in [3.05, 3.63) is 71.3 Å². The van der Waals surface area contributed by atoms with Crippen molar-refractivity contribution >= 4 is 23.5 Å². The second-order valence-corrected chi connectivity index (χ2v) is 16.0. The van der Waals surface area contributed by atoms with E-state index in [1.54, 1.807) is 69.7 Å². The number of nitrogens with zero attached hydrogens (tertiary/aromatic N) is 4. The highest BCUT2D eigenvalue weighted by Gasteiger charge is 2.63. The lowest BCUT2D eigenvalue weighted by molar-refractivity contribution is -0.225. The number of halogens is 4. The molecule has 2 fully saturated rings. The fourth-order valence-corrected chi connectivity index (χ4v) is 7.51. The van der Waals surface area contributed by atoms with Gasteiger partial charge in [0.2, 0.25) is 0 Å². The minimum Gasteiger partial charge on any atom is -0.444 e. The molecule has 13 heteroatoms. The number of aromatic nitrogens is 2. The third kappa shape index (κ3) is 6.36. The van der Waals surface area contributed by atoms with E-state index >= 15 is 17.6 Å². The molecule has 1 N–H and O–H groups in total. The summed E-state index contributed by atoms with van der Waals surface area (Å²) in [5.41, 5.74) is -0.516. The maximum atomic E-state index is 16.0. The number of carbonyl (C=O) groups excluding carboxylic acids is 2. The summed E-state index contributed by atoms with van der Waals surface area (Å²) < 4.78 is 75.0. The van der Waals surface area contributed by atoms with E-state index in [2.05, 4.69) is 15.0 Å². The molecule has 9 nitrogen and oxygen atoms in total. The first-order chi connectivity index (χ1) is 24.3.